The highest BCUT2D eigenvalue weighted by atomic mass is 35.5. The van der Waals surface area contributed by atoms with Crippen molar-refractivity contribution in [2.75, 3.05) is 59.0 Å². The number of benzene rings is 1. The van der Waals surface area contributed by atoms with Crippen LogP contribution in [0, 0.1) is 11.8 Å². The summed E-state index contributed by atoms with van der Waals surface area (Å²) in [6.07, 6.45) is 1.23. The molecule has 27 heavy (non-hydrogen) atoms. The monoisotopic (exact) mass is 393 g/mol. The van der Waals surface area contributed by atoms with Crippen LogP contribution in [0.3, 0.4) is 0 Å². The van der Waals surface area contributed by atoms with Gasteiger partial charge in [0.25, 0.3) is 0 Å². The molecule has 2 aliphatic heterocycles. The number of hydrogen-bond donors (Lipinski definition) is 0. The van der Waals surface area contributed by atoms with E-state index in [1.807, 2.05) is 24.3 Å². The van der Waals surface area contributed by atoms with E-state index < -0.39 is 0 Å². The minimum absolute atomic E-state index is 0.295. The summed E-state index contributed by atoms with van der Waals surface area (Å²) in [5, 5.41) is 0.655. The standard InChI is InChI=1S/C21H32ClN3O2/c1-17-13-18(2)15-25(14-17)21(26)16-24-9-7-23(8-10-24)11-12-27-20-6-4-3-5-19(20)22/h3-6,17-18H,7-16H2,1-2H3. The Bertz CT molecular complexity index is 609. The van der Waals surface area contributed by atoms with Crippen molar-refractivity contribution in [3.63, 3.8) is 0 Å². The summed E-state index contributed by atoms with van der Waals surface area (Å²) in [5.74, 6) is 2.28. The second kappa shape index (κ2) is 9.76. The van der Waals surface area contributed by atoms with Gasteiger partial charge in [0.2, 0.25) is 5.91 Å². The first-order valence-corrected chi connectivity index (χ1v) is 10.5. The molecule has 2 fully saturated rings. The lowest BCUT2D eigenvalue weighted by atomic mass is 9.92. The van der Waals surface area contributed by atoms with Crippen molar-refractivity contribution >= 4 is 17.5 Å². The number of rotatable bonds is 6. The lowest BCUT2D eigenvalue weighted by Crippen LogP contribution is -2.52. The Morgan fingerprint density at radius 1 is 1.07 bits per heavy atom. The number of piperidine rings is 1. The molecule has 0 aliphatic carbocycles. The van der Waals surface area contributed by atoms with E-state index in [4.69, 9.17) is 16.3 Å². The van der Waals surface area contributed by atoms with E-state index in [-0.39, 0.29) is 0 Å². The zero-order chi connectivity index (χ0) is 19.2. The lowest BCUT2D eigenvalue weighted by Gasteiger charge is -2.38. The molecular formula is C21H32ClN3O2. The van der Waals surface area contributed by atoms with E-state index in [1.165, 1.54) is 6.42 Å². The maximum absolute atomic E-state index is 12.6. The third-order valence-corrected chi connectivity index (χ3v) is 5.86. The topological polar surface area (TPSA) is 36.0 Å². The molecule has 2 heterocycles. The molecule has 0 radical (unpaired) electrons. The number of carbonyl (C=O) groups excluding carboxylic acids is 1. The van der Waals surface area contributed by atoms with E-state index in [0.717, 1.165) is 51.6 Å². The van der Waals surface area contributed by atoms with Crippen LogP contribution in [-0.4, -0.2) is 79.6 Å². The first-order chi connectivity index (χ1) is 13.0. The van der Waals surface area contributed by atoms with Crippen LogP contribution >= 0.6 is 11.6 Å². The fourth-order valence-corrected chi connectivity index (χ4v) is 4.37. The Kier molecular flexibility index (Phi) is 7.39. The highest BCUT2D eigenvalue weighted by Crippen LogP contribution is 2.23. The zero-order valence-electron chi connectivity index (χ0n) is 16.6. The molecule has 1 aromatic rings. The van der Waals surface area contributed by atoms with Gasteiger partial charge in [-0.15, -0.1) is 0 Å². The molecule has 3 rings (SSSR count). The number of likely N-dealkylation sites (tertiary alicyclic amines) is 1. The maximum atomic E-state index is 12.6. The van der Waals surface area contributed by atoms with Gasteiger partial charge in [0.15, 0.2) is 0 Å². The summed E-state index contributed by atoms with van der Waals surface area (Å²) in [6, 6.07) is 7.58. The Hall–Kier alpha value is -1.30. The number of hydrogen-bond acceptors (Lipinski definition) is 4. The molecule has 0 aromatic heterocycles. The fraction of sp³-hybridized carbons (Fsp3) is 0.667. The van der Waals surface area contributed by atoms with Crippen LogP contribution in [-0.2, 0) is 4.79 Å². The van der Waals surface area contributed by atoms with Crippen molar-refractivity contribution in [2.24, 2.45) is 11.8 Å². The Labute approximate surface area is 168 Å². The number of amides is 1. The number of piperazine rings is 1. The zero-order valence-corrected chi connectivity index (χ0v) is 17.3. The SMILES string of the molecule is CC1CC(C)CN(C(=O)CN2CCN(CCOc3ccccc3Cl)CC2)C1. The van der Waals surface area contributed by atoms with Gasteiger partial charge in [0.1, 0.15) is 12.4 Å². The summed E-state index contributed by atoms with van der Waals surface area (Å²) < 4.78 is 5.78. The van der Waals surface area contributed by atoms with Gasteiger partial charge >= 0.3 is 0 Å². The molecule has 2 unspecified atom stereocenters. The van der Waals surface area contributed by atoms with Crippen molar-refractivity contribution in [1.82, 2.24) is 14.7 Å². The molecule has 5 nitrogen and oxygen atoms in total. The van der Waals surface area contributed by atoms with Crippen molar-refractivity contribution in [3.8, 4) is 5.75 Å². The average Bonchev–Trinajstić information content (AvgIpc) is 2.64. The number of carbonyl (C=O) groups is 1. The third-order valence-electron chi connectivity index (χ3n) is 5.55. The van der Waals surface area contributed by atoms with Gasteiger partial charge < -0.3 is 9.64 Å². The van der Waals surface area contributed by atoms with E-state index in [2.05, 4.69) is 28.5 Å². The van der Waals surface area contributed by atoms with Crippen molar-refractivity contribution < 1.29 is 9.53 Å². The van der Waals surface area contributed by atoms with Crippen molar-refractivity contribution in [2.45, 2.75) is 20.3 Å². The van der Waals surface area contributed by atoms with E-state index in [0.29, 0.717) is 35.9 Å². The van der Waals surface area contributed by atoms with Crippen LogP contribution in [0.2, 0.25) is 5.02 Å². The van der Waals surface area contributed by atoms with Crippen LogP contribution in [0.4, 0.5) is 0 Å². The van der Waals surface area contributed by atoms with E-state index in [1.54, 1.807) is 0 Å². The molecule has 0 N–H and O–H groups in total. The van der Waals surface area contributed by atoms with Crippen LogP contribution < -0.4 is 4.74 Å². The predicted octanol–water partition coefficient (Wildman–Crippen LogP) is 2.84. The highest BCUT2D eigenvalue weighted by Gasteiger charge is 2.27. The first kappa shape index (κ1) is 20.4. The van der Waals surface area contributed by atoms with Crippen LogP contribution in [0.1, 0.15) is 20.3 Å². The van der Waals surface area contributed by atoms with Crippen molar-refractivity contribution in [1.29, 1.82) is 0 Å². The van der Waals surface area contributed by atoms with Gasteiger partial charge in [-0.05, 0) is 30.4 Å². The van der Waals surface area contributed by atoms with E-state index >= 15 is 0 Å². The van der Waals surface area contributed by atoms with Gasteiger partial charge in [0.05, 0.1) is 11.6 Å². The second-order valence-corrected chi connectivity index (χ2v) is 8.55. The second-order valence-electron chi connectivity index (χ2n) is 8.14. The van der Waals surface area contributed by atoms with Crippen molar-refractivity contribution in [3.05, 3.63) is 29.3 Å². The molecule has 0 spiro atoms. The van der Waals surface area contributed by atoms with Gasteiger partial charge in [-0.2, -0.15) is 0 Å². The molecule has 6 heteroatoms. The minimum atomic E-state index is 0.295. The molecular weight excluding hydrogens is 362 g/mol. The Morgan fingerprint density at radius 2 is 1.70 bits per heavy atom. The largest absolute Gasteiger partial charge is 0.491 e. The summed E-state index contributed by atoms with van der Waals surface area (Å²) in [5.41, 5.74) is 0. The Morgan fingerprint density at radius 3 is 2.37 bits per heavy atom. The smallest absolute Gasteiger partial charge is 0.236 e. The van der Waals surface area contributed by atoms with Crippen LogP contribution in [0.25, 0.3) is 0 Å². The highest BCUT2D eigenvalue weighted by molar-refractivity contribution is 6.32. The quantitative estimate of drug-likeness (QED) is 0.744. The molecule has 2 aliphatic rings. The third kappa shape index (κ3) is 6.09. The molecule has 150 valence electrons. The molecule has 1 amide bonds. The summed E-state index contributed by atoms with van der Waals surface area (Å²) in [4.78, 5) is 19.4. The number of ether oxygens (including phenoxy) is 1. The van der Waals surface area contributed by atoms with Crippen LogP contribution in [0.15, 0.2) is 24.3 Å². The molecule has 2 atom stereocenters. The minimum Gasteiger partial charge on any atom is -0.491 e. The van der Waals surface area contributed by atoms with E-state index in [9.17, 15) is 4.79 Å². The first-order valence-electron chi connectivity index (χ1n) is 10.1. The summed E-state index contributed by atoms with van der Waals surface area (Å²) in [6.45, 7) is 12.2. The summed E-state index contributed by atoms with van der Waals surface area (Å²) in [7, 11) is 0. The number of para-hydroxylation sites is 1. The normalized spacial score (nSPS) is 24.8. The Balaban J connectivity index is 1.35. The van der Waals surface area contributed by atoms with Gasteiger partial charge in [0, 0.05) is 45.8 Å². The van der Waals surface area contributed by atoms with Gasteiger partial charge in [-0.25, -0.2) is 0 Å². The van der Waals surface area contributed by atoms with Gasteiger partial charge in [-0.3, -0.25) is 14.6 Å². The number of halogens is 1. The average molecular weight is 394 g/mol. The fourth-order valence-electron chi connectivity index (χ4n) is 4.18. The van der Waals surface area contributed by atoms with Crippen LogP contribution in [0.5, 0.6) is 5.75 Å². The number of nitrogens with zero attached hydrogens (tertiary/aromatic N) is 3. The van der Waals surface area contributed by atoms with Gasteiger partial charge in [-0.1, -0.05) is 37.6 Å². The molecule has 1 aromatic carbocycles. The summed E-state index contributed by atoms with van der Waals surface area (Å²) >= 11 is 6.11. The maximum Gasteiger partial charge on any atom is 0.236 e. The lowest BCUT2D eigenvalue weighted by molar-refractivity contribution is -0.135. The molecule has 0 saturated carbocycles. The molecule has 2 saturated heterocycles. The molecule has 0 bridgehead atoms. The predicted molar refractivity (Wildman–Crippen MR) is 109 cm³/mol.